The van der Waals surface area contributed by atoms with Crippen LogP contribution in [0.5, 0.6) is 5.75 Å². The van der Waals surface area contributed by atoms with Gasteiger partial charge < -0.3 is 24.2 Å². The first-order chi connectivity index (χ1) is 17.5. The van der Waals surface area contributed by atoms with Gasteiger partial charge in [-0.3, -0.25) is 9.59 Å². The van der Waals surface area contributed by atoms with Gasteiger partial charge in [0.05, 0.1) is 18.8 Å². The van der Waals surface area contributed by atoms with Gasteiger partial charge in [-0.2, -0.15) is 0 Å². The van der Waals surface area contributed by atoms with E-state index in [2.05, 4.69) is 4.90 Å². The highest BCUT2D eigenvalue weighted by molar-refractivity contribution is 5.98. The Morgan fingerprint density at radius 1 is 1.08 bits per heavy atom. The number of rotatable bonds is 5. The lowest BCUT2D eigenvalue weighted by atomic mass is 9.89. The Morgan fingerprint density at radius 3 is 2.64 bits per heavy atom. The van der Waals surface area contributed by atoms with Gasteiger partial charge in [0.1, 0.15) is 24.2 Å². The number of halogens is 1. The van der Waals surface area contributed by atoms with Crippen LogP contribution in [0.4, 0.5) is 10.1 Å². The maximum atomic E-state index is 13.7. The number of benzene rings is 2. The average Bonchev–Trinajstić information content (AvgIpc) is 2.91. The molecule has 0 N–H and O–H groups in total. The molecule has 1 aliphatic carbocycles. The average molecular weight is 494 g/mol. The van der Waals surface area contributed by atoms with Crippen LogP contribution in [0.2, 0.25) is 0 Å². The molecule has 2 atom stereocenters. The SMILES string of the molecule is COc1ccccc1N1CCN(C(=O)CN2C(=O)/C(=C\c3cccc(F)c3)OC3CCCCC32)CC1. The first-order valence-corrected chi connectivity index (χ1v) is 12.6. The van der Waals surface area contributed by atoms with Crippen LogP contribution in [0.3, 0.4) is 0 Å². The minimum Gasteiger partial charge on any atom is -0.495 e. The summed E-state index contributed by atoms with van der Waals surface area (Å²) in [5.74, 6) is 0.264. The third kappa shape index (κ3) is 5.03. The van der Waals surface area contributed by atoms with E-state index in [1.165, 1.54) is 12.1 Å². The van der Waals surface area contributed by atoms with E-state index in [-0.39, 0.29) is 42.1 Å². The highest BCUT2D eigenvalue weighted by Crippen LogP contribution is 2.34. The molecule has 0 radical (unpaired) electrons. The minimum absolute atomic E-state index is 0.0263. The fourth-order valence-electron chi connectivity index (χ4n) is 5.44. The van der Waals surface area contributed by atoms with Crippen LogP contribution in [0, 0.1) is 5.82 Å². The number of para-hydroxylation sites is 2. The standard InChI is InChI=1S/C28H32FN3O4/c1-35-24-11-4-2-9-22(24)30-13-15-31(16-14-30)27(33)19-32-23-10-3-5-12-25(23)36-26(28(32)34)18-20-7-6-8-21(29)17-20/h2,4,6-9,11,17-18,23,25H,3,5,10,12-16,19H2,1H3/b26-18+. The molecule has 0 spiro atoms. The number of fused-ring (bicyclic) bond motifs is 1. The number of nitrogens with zero attached hydrogens (tertiary/aromatic N) is 3. The fraction of sp³-hybridized carbons (Fsp3) is 0.429. The summed E-state index contributed by atoms with van der Waals surface area (Å²) in [7, 11) is 1.66. The second kappa shape index (κ2) is 10.6. The lowest BCUT2D eigenvalue weighted by Gasteiger charge is -2.45. The van der Waals surface area contributed by atoms with Crippen molar-refractivity contribution < 1.29 is 23.5 Å². The monoisotopic (exact) mass is 493 g/mol. The Bertz CT molecular complexity index is 1150. The minimum atomic E-state index is -0.373. The van der Waals surface area contributed by atoms with Gasteiger partial charge >= 0.3 is 0 Å². The number of carbonyl (C=O) groups excluding carboxylic acids is 2. The van der Waals surface area contributed by atoms with Crippen molar-refractivity contribution in [2.75, 3.05) is 44.7 Å². The third-order valence-corrected chi connectivity index (χ3v) is 7.33. The molecule has 36 heavy (non-hydrogen) atoms. The normalized spacial score (nSPS) is 23.3. The van der Waals surface area contributed by atoms with E-state index in [0.29, 0.717) is 31.7 Å². The molecule has 0 bridgehead atoms. The number of methoxy groups -OCH3 is 1. The Morgan fingerprint density at radius 2 is 1.86 bits per heavy atom. The highest BCUT2D eigenvalue weighted by atomic mass is 19.1. The summed E-state index contributed by atoms with van der Waals surface area (Å²) < 4.78 is 25.3. The van der Waals surface area contributed by atoms with Crippen molar-refractivity contribution in [3.05, 3.63) is 65.7 Å². The number of ether oxygens (including phenoxy) is 2. The molecule has 1 saturated carbocycles. The van der Waals surface area contributed by atoms with Gasteiger partial charge in [0.2, 0.25) is 5.91 Å². The summed E-state index contributed by atoms with van der Waals surface area (Å²) in [6.07, 6.45) is 5.11. The zero-order valence-electron chi connectivity index (χ0n) is 20.6. The zero-order valence-corrected chi connectivity index (χ0v) is 20.6. The highest BCUT2D eigenvalue weighted by Gasteiger charge is 2.42. The molecule has 0 aromatic heterocycles. The van der Waals surface area contributed by atoms with Gasteiger partial charge in [0.15, 0.2) is 5.76 Å². The van der Waals surface area contributed by atoms with Crippen LogP contribution in [0.15, 0.2) is 54.3 Å². The molecule has 3 fully saturated rings. The predicted octanol–water partition coefficient (Wildman–Crippen LogP) is 3.69. The summed E-state index contributed by atoms with van der Waals surface area (Å²) in [6.45, 7) is 2.57. The number of piperazine rings is 1. The van der Waals surface area contributed by atoms with Crippen molar-refractivity contribution in [2.24, 2.45) is 0 Å². The molecule has 2 amide bonds. The van der Waals surface area contributed by atoms with E-state index in [1.54, 1.807) is 30.2 Å². The number of hydrogen-bond acceptors (Lipinski definition) is 5. The molecule has 3 aliphatic rings. The van der Waals surface area contributed by atoms with Gasteiger partial charge in [0.25, 0.3) is 5.91 Å². The van der Waals surface area contributed by atoms with Crippen molar-refractivity contribution in [3.63, 3.8) is 0 Å². The van der Waals surface area contributed by atoms with Crippen molar-refractivity contribution in [2.45, 2.75) is 37.8 Å². The Balaban J connectivity index is 1.28. The van der Waals surface area contributed by atoms with Crippen LogP contribution < -0.4 is 9.64 Å². The second-order valence-corrected chi connectivity index (χ2v) is 9.54. The van der Waals surface area contributed by atoms with E-state index >= 15 is 0 Å². The number of anilines is 1. The Hall–Kier alpha value is -3.55. The zero-order chi connectivity index (χ0) is 25.1. The number of carbonyl (C=O) groups is 2. The van der Waals surface area contributed by atoms with Crippen LogP contribution in [-0.2, 0) is 14.3 Å². The molecule has 2 heterocycles. The van der Waals surface area contributed by atoms with E-state index < -0.39 is 0 Å². The molecule has 2 saturated heterocycles. The van der Waals surface area contributed by atoms with Gasteiger partial charge in [0, 0.05) is 26.2 Å². The van der Waals surface area contributed by atoms with Crippen LogP contribution >= 0.6 is 0 Å². The molecule has 5 rings (SSSR count). The van der Waals surface area contributed by atoms with Crippen molar-refractivity contribution in [1.29, 1.82) is 0 Å². The lowest BCUT2D eigenvalue weighted by Crippen LogP contribution is -2.58. The Labute approximate surface area is 211 Å². The Kier molecular flexibility index (Phi) is 7.11. The summed E-state index contributed by atoms with van der Waals surface area (Å²) in [5.41, 5.74) is 1.58. The lowest BCUT2D eigenvalue weighted by molar-refractivity contribution is -0.154. The van der Waals surface area contributed by atoms with Gasteiger partial charge in [-0.1, -0.05) is 30.7 Å². The van der Waals surface area contributed by atoms with Gasteiger partial charge in [-0.05, 0) is 55.2 Å². The molecular formula is C28H32FN3O4. The largest absolute Gasteiger partial charge is 0.495 e. The van der Waals surface area contributed by atoms with Gasteiger partial charge in [-0.15, -0.1) is 0 Å². The van der Waals surface area contributed by atoms with Crippen molar-refractivity contribution in [3.8, 4) is 5.75 Å². The smallest absolute Gasteiger partial charge is 0.289 e. The van der Waals surface area contributed by atoms with Gasteiger partial charge in [-0.25, -0.2) is 4.39 Å². The summed E-state index contributed by atoms with van der Waals surface area (Å²) in [5, 5.41) is 0. The first kappa shape index (κ1) is 24.2. The molecule has 2 unspecified atom stereocenters. The molecule has 7 nitrogen and oxygen atoms in total. The summed E-state index contributed by atoms with van der Waals surface area (Å²) in [4.78, 5) is 32.5. The van der Waals surface area contributed by atoms with Crippen LogP contribution in [0.1, 0.15) is 31.2 Å². The fourth-order valence-corrected chi connectivity index (χ4v) is 5.44. The topological polar surface area (TPSA) is 62.3 Å². The molecule has 2 aromatic rings. The molecule has 190 valence electrons. The maximum Gasteiger partial charge on any atom is 0.289 e. The molecule has 2 aliphatic heterocycles. The molecular weight excluding hydrogens is 461 g/mol. The summed E-state index contributed by atoms with van der Waals surface area (Å²) >= 11 is 0. The van der Waals surface area contributed by atoms with Crippen molar-refractivity contribution in [1.82, 2.24) is 9.80 Å². The molecule has 8 heteroatoms. The number of amides is 2. The van der Waals surface area contributed by atoms with Crippen LogP contribution in [0.25, 0.3) is 6.08 Å². The second-order valence-electron chi connectivity index (χ2n) is 9.54. The number of morpholine rings is 1. The van der Waals surface area contributed by atoms with E-state index in [4.69, 9.17) is 9.47 Å². The number of hydrogen-bond donors (Lipinski definition) is 0. The van der Waals surface area contributed by atoms with Crippen molar-refractivity contribution >= 4 is 23.6 Å². The first-order valence-electron chi connectivity index (χ1n) is 12.6. The maximum absolute atomic E-state index is 13.7. The van der Waals surface area contributed by atoms with E-state index in [0.717, 1.165) is 37.1 Å². The predicted molar refractivity (Wildman–Crippen MR) is 135 cm³/mol. The third-order valence-electron chi connectivity index (χ3n) is 7.33. The quantitative estimate of drug-likeness (QED) is 0.595. The van der Waals surface area contributed by atoms with E-state index in [9.17, 15) is 14.0 Å². The summed E-state index contributed by atoms with van der Waals surface area (Å²) in [6, 6.07) is 13.8. The molecule has 2 aromatic carbocycles. The van der Waals surface area contributed by atoms with Crippen LogP contribution in [-0.4, -0.2) is 73.6 Å². The van der Waals surface area contributed by atoms with E-state index in [1.807, 2.05) is 29.2 Å².